The Morgan fingerprint density at radius 3 is 2.27 bits per heavy atom. The molecule has 1 aliphatic rings. The highest BCUT2D eigenvalue weighted by atomic mass is 19.1. The fourth-order valence-electron chi connectivity index (χ4n) is 2.66. The summed E-state index contributed by atoms with van der Waals surface area (Å²) in [7, 11) is 0. The molecule has 2 aromatic rings. The average Bonchev–Trinajstić information content (AvgIpc) is 3.09. The number of aromatic nitrogens is 1. The van der Waals surface area contributed by atoms with Crippen LogP contribution in [0.1, 0.15) is 30.0 Å². The summed E-state index contributed by atoms with van der Waals surface area (Å²) < 4.78 is 13.2. The van der Waals surface area contributed by atoms with E-state index in [2.05, 4.69) is 10.3 Å². The molecule has 1 N–H and O–H groups in total. The van der Waals surface area contributed by atoms with Crippen molar-refractivity contribution < 1.29 is 9.18 Å². The lowest BCUT2D eigenvalue weighted by Crippen LogP contribution is -2.33. The zero-order valence-corrected chi connectivity index (χ0v) is 12.1. The molecule has 1 amide bonds. The van der Waals surface area contributed by atoms with Gasteiger partial charge in [0.25, 0.3) is 0 Å². The van der Waals surface area contributed by atoms with Crippen molar-refractivity contribution in [2.45, 2.75) is 18.9 Å². The summed E-state index contributed by atoms with van der Waals surface area (Å²) in [5, 5.41) is 3.08. The molecule has 0 saturated carbocycles. The number of allylic oxidation sites excluding steroid dienone is 2. The summed E-state index contributed by atoms with van der Waals surface area (Å²) in [5.74, 6) is -0.274. The van der Waals surface area contributed by atoms with Gasteiger partial charge in [0.1, 0.15) is 5.82 Å². The molecule has 0 aliphatic heterocycles. The van der Waals surface area contributed by atoms with Gasteiger partial charge in [-0.25, -0.2) is 4.39 Å². The normalized spacial score (nSPS) is 15.7. The van der Waals surface area contributed by atoms with E-state index >= 15 is 0 Å². The number of nitrogens with zero attached hydrogens (tertiary/aromatic N) is 1. The number of carbonyl (C=O) groups excluding carboxylic acids is 1. The topological polar surface area (TPSA) is 42.0 Å². The summed E-state index contributed by atoms with van der Waals surface area (Å²) in [5.41, 5.74) is 1.79. The first-order chi connectivity index (χ1) is 10.7. The zero-order valence-electron chi connectivity index (χ0n) is 12.1. The van der Waals surface area contributed by atoms with E-state index in [-0.39, 0.29) is 23.7 Å². The number of nitrogens with one attached hydrogen (secondary N) is 1. The van der Waals surface area contributed by atoms with Crippen molar-refractivity contribution in [1.82, 2.24) is 10.3 Å². The zero-order chi connectivity index (χ0) is 15.4. The van der Waals surface area contributed by atoms with Crippen LogP contribution in [0.4, 0.5) is 4.39 Å². The lowest BCUT2D eigenvalue weighted by Gasteiger charge is -2.21. The predicted octanol–water partition coefficient (Wildman–Crippen LogP) is 3.39. The minimum atomic E-state index is -0.295. The molecule has 1 aromatic heterocycles. The molecule has 1 atom stereocenters. The first kappa shape index (κ1) is 14.4. The first-order valence-electron chi connectivity index (χ1n) is 7.35. The monoisotopic (exact) mass is 296 g/mol. The molecule has 1 aromatic carbocycles. The molecule has 1 heterocycles. The van der Waals surface area contributed by atoms with Crippen LogP contribution in [-0.4, -0.2) is 10.9 Å². The van der Waals surface area contributed by atoms with Gasteiger partial charge in [-0.05, 0) is 48.2 Å². The number of amides is 1. The van der Waals surface area contributed by atoms with E-state index in [0.717, 1.165) is 24.0 Å². The van der Waals surface area contributed by atoms with Crippen molar-refractivity contribution in [3.8, 4) is 0 Å². The van der Waals surface area contributed by atoms with E-state index in [1.807, 2.05) is 24.3 Å². The Balaban J connectivity index is 1.86. The number of halogens is 1. The number of rotatable bonds is 4. The van der Waals surface area contributed by atoms with Crippen molar-refractivity contribution in [2.75, 3.05) is 0 Å². The van der Waals surface area contributed by atoms with Crippen LogP contribution >= 0.6 is 0 Å². The Labute approximate surface area is 128 Å². The van der Waals surface area contributed by atoms with Crippen LogP contribution < -0.4 is 5.32 Å². The van der Waals surface area contributed by atoms with Crippen molar-refractivity contribution in [3.63, 3.8) is 0 Å². The fourth-order valence-corrected chi connectivity index (χ4v) is 2.66. The third-order valence-corrected chi connectivity index (χ3v) is 3.91. The van der Waals surface area contributed by atoms with Crippen molar-refractivity contribution in [3.05, 3.63) is 77.9 Å². The van der Waals surface area contributed by atoms with Gasteiger partial charge in [-0.1, -0.05) is 24.3 Å². The molecule has 3 nitrogen and oxygen atoms in total. The second kappa shape index (κ2) is 6.52. The Kier molecular flexibility index (Phi) is 4.28. The molecular formula is C18H17FN2O. The summed E-state index contributed by atoms with van der Waals surface area (Å²) >= 11 is 0. The molecule has 0 bridgehead atoms. The third kappa shape index (κ3) is 3.22. The Hall–Kier alpha value is -2.49. The maximum Gasteiger partial charge on any atom is 0.224 e. The van der Waals surface area contributed by atoms with Crippen LogP contribution in [-0.2, 0) is 4.79 Å². The van der Waals surface area contributed by atoms with E-state index in [1.165, 1.54) is 12.1 Å². The number of carbonyl (C=O) groups is 1. The highest BCUT2D eigenvalue weighted by Gasteiger charge is 2.23. The Morgan fingerprint density at radius 1 is 1.05 bits per heavy atom. The molecule has 0 saturated heterocycles. The second-order valence-corrected chi connectivity index (χ2v) is 5.41. The molecule has 22 heavy (non-hydrogen) atoms. The maximum absolute atomic E-state index is 13.2. The van der Waals surface area contributed by atoms with Crippen molar-refractivity contribution >= 4 is 5.91 Å². The summed E-state index contributed by atoms with van der Waals surface area (Å²) in [4.78, 5) is 16.4. The Bertz CT molecular complexity index is 659. The highest BCUT2D eigenvalue weighted by molar-refractivity contribution is 5.80. The van der Waals surface area contributed by atoms with Crippen molar-refractivity contribution in [1.29, 1.82) is 0 Å². The van der Waals surface area contributed by atoms with Gasteiger partial charge in [0.2, 0.25) is 5.91 Å². The standard InChI is InChI=1S/C18H17FN2O/c19-16-7-5-13(6-8-16)17(14-9-11-20-12-10-14)21-18(22)15-3-1-2-4-15/h1-2,5-12,15,17H,3-4H2,(H,21,22)/t17-/m1/s1. The predicted molar refractivity (Wildman–Crippen MR) is 82.5 cm³/mol. The SMILES string of the molecule is O=C(N[C@@H](c1ccncc1)c1ccc(F)cc1)C1CC=CC1. The van der Waals surface area contributed by atoms with Gasteiger partial charge in [0, 0.05) is 18.3 Å². The minimum Gasteiger partial charge on any atom is -0.345 e. The smallest absolute Gasteiger partial charge is 0.224 e. The fraction of sp³-hybridized carbons (Fsp3) is 0.222. The molecule has 1 aliphatic carbocycles. The van der Waals surface area contributed by atoms with Crippen LogP contribution in [0.2, 0.25) is 0 Å². The minimum absolute atomic E-state index is 0.00946. The number of hydrogen-bond donors (Lipinski definition) is 1. The molecule has 0 radical (unpaired) electrons. The van der Waals surface area contributed by atoms with Gasteiger partial charge in [-0.3, -0.25) is 9.78 Å². The van der Waals surface area contributed by atoms with E-state index < -0.39 is 0 Å². The average molecular weight is 296 g/mol. The lowest BCUT2D eigenvalue weighted by atomic mass is 9.98. The van der Waals surface area contributed by atoms with Crippen LogP contribution in [0.25, 0.3) is 0 Å². The molecule has 4 heteroatoms. The summed E-state index contributed by atoms with van der Waals surface area (Å²) in [6.07, 6.45) is 8.99. The quantitative estimate of drug-likeness (QED) is 0.879. The van der Waals surface area contributed by atoms with E-state index in [4.69, 9.17) is 0 Å². The van der Waals surface area contributed by atoms with Crippen LogP contribution in [0.3, 0.4) is 0 Å². The highest BCUT2D eigenvalue weighted by Crippen LogP contribution is 2.24. The number of pyridine rings is 1. The van der Waals surface area contributed by atoms with E-state index in [1.54, 1.807) is 24.5 Å². The molecule has 0 spiro atoms. The lowest BCUT2D eigenvalue weighted by molar-refractivity contribution is -0.125. The second-order valence-electron chi connectivity index (χ2n) is 5.41. The van der Waals surface area contributed by atoms with Gasteiger partial charge in [0.05, 0.1) is 6.04 Å². The van der Waals surface area contributed by atoms with E-state index in [0.29, 0.717) is 0 Å². The van der Waals surface area contributed by atoms with Gasteiger partial charge < -0.3 is 5.32 Å². The molecule has 112 valence electrons. The first-order valence-corrected chi connectivity index (χ1v) is 7.35. The van der Waals surface area contributed by atoms with Crippen LogP contribution in [0.5, 0.6) is 0 Å². The van der Waals surface area contributed by atoms with Gasteiger partial charge >= 0.3 is 0 Å². The van der Waals surface area contributed by atoms with Gasteiger partial charge in [0.15, 0.2) is 0 Å². The third-order valence-electron chi connectivity index (χ3n) is 3.91. The van der Waals surface area contributed by atoms with E-state index in [9.17, 15) is 9.18 Å². The van der Waals surface area contributed by atoms with Crippen molar-refractivity contribution in [2.24, 2.45) is 5.92 Å². The number of benzene rings is 1. The summed E-state index contributed by atoms with van der Waals surface area (Å²) in [6.45, 7) is 0. The molecule has 0 unspecified atom stereocenters. The molecular weight excluding hydrogens is 279 g/mol. The van der Waals surface area contributed by atoms with Gasteiger partial charge in [-0.2, -0.15) is 0 Å². The van der Waals surface area contributed by atoms with Crippen LogP contribution in [0.15, 0.2) is 60.9 Å². The van der Waals surface area contributed by atoms with Gasteiger partial charge in [-0.15, -0.1) is 0 Å². The number of hydrogen-bond acceptors (Lipinski definition) is 2. The maximum atomic E-state index is 13.2. The van der Waals surface area contributed by atoms with Crippen LogP contribution in [0, 0.1) is 11.7 Å². The molecule has 3 rings (SSSR count). The Morgan fingerprint density at radius 2 is 1.64 bits per heavy atom. The summed E-state index contributed by atoms with van der Waals surface area (Å²) in [6, 6.07) is 9.65. The molecule has 0 fully saturated rings. The largest absolute Gasteiger partial charge is 0.345 e.